The van der Waals surface area contributed by atoms with E-state index in [-0.39, 0.29) is 6.61 Å². The highest BCUT2D eigenvalue weighted by Gasteiger charge is 2.08. The lowest BCUT2D eigenvalue weighted by Gasteiger charge is -2.06. The smallest absolute Gasteiger partial charge is 0.176 e. The molecule has 1 aromatic heterocycles. The van der Waals surface area contributed by atoms with Gasteiger partial charge in [0.25, 0.3) is 0 Å². The van der Waals surface area contributed by atoms with Gasteiger partial charge in [-0.2, -0.15) is 0 Å². The monoisotopic (exact) mass is 251 g/mol. The first-order chi connectivity index (χ1) is 8.74. The minimum Gasteiger partial charge on any atom is -0.493 e. The fourth-order valence-corrected chi connectivity index (χ4v) is 1.76. The number of ether oxygens (including phenoxy) is 1. The van der Waals surface area contributed by atoms with Crippen molar-refractivity contribution in [1.82, 2.24) is 5.32 Å². The zero-order chi connectivity index (χ0) is 13.0. The van der Waals surface area contributed by atoms with Crippen molar-refractivity contribution in [3.63, 3.8) is 0 Å². The Kier molecular flexibility index (Phi) is 4.19. The van der Waals surface area contributed by atoms with Crippen molar-refractivity contribution in [1.29, 1.82) is 0 Å². The van der Waals surface area contributed by atoms with Crippen LogP contribution in [-0.2, 0) is 6.54 Å². The predicted octanol–water partition coefficient (Wildman–Crippen LogP) is 0.884. The third-order valence-electron chi connectivity index (χ3n) is 2.67. The van der Waals surface area contributed by atoms with Gasteiger partial charge in [0.1, 0.15) is 5.76 Å². The quantitative estimate of drug-likeness (QED) is 0.710. The van der Waals surface area contributed by atoms with Gasteiger partial charge < -0.3 is 24.7 Å². The number of benzene rings is 1. The molecule has 2 aromatic rings. The maximum absolute atomic E-state index is 9.19. The molecule has 18 heavy (non-hydrogen) atoms. The van der Waals surface area contributed by atoms with Gasteiger partial charge in [-0.1, -0.05) is 12.1 Å². The topological polar surface area (TPSA) is 74.9 Å². The summed E-state index contributed by atoms with van der Waals surface area (Å²) in [7, 11) is 1.60. The molecule has 5 nitrogen and oxygen atoms in total. The Labute approximate surface area is 105 Å². The molecule has 0 spiro atoms. The molecule has 2 rings (SSSR count). The first-order valence-electron chi connectivity index (χ1n) is 5.79. The van der Waals surface area contributed by atoms with Gasteiger partial charge >= 0.3 is 0 Å². The number of nitrogens with one attached hydrogen (secondary N) is 1. The van der Waals surface area contributed by atoms with Gasteiger partial charge in [-0.05, 0) is 12.1 Å². The van der Waals surface area contributed by atoms with Crippen LogP contribution in [0.3, 0.4) is 0 Å². The second-order valence-electron chi connectivity index (χ2n) is 4.06. The second-order valence-corrected chi connectivity index (χ2v) is 4.06. The standard InChI is InChI=1S/C13H17NO4/c1-17-12-4-2-3-9-5-11(18-13(9)12)7-14-6-10(16)8-15/h2-5,10,14-16H,6-8H2,1H3. The zero-order valence-electron chi connectivity index (χ0n) is 10.2. The van der Waals surface area contributed by atoms with Crippen molar-refractivity contribution in [2.24, 2.45) is 0 Å². The van der Waals surface area contributed by atoms with Crippen LogP contribution in [0.1, 0.15) is 5.76 Å². The summed E-state index contributed by atoms with van der Waals surface area (Å²) in [6.45, 7) is 0.570. The number of methoxy groups -OCH3 is 1. The van der Waals surface area contributed by atoms with E-state index in [1.54, 1.807) is 7.11 Å². The highest BCUT2D eigenvalue weighted by molar-refractivity contribution is 5.83. The summed E-state index contributed by atoms with van der Waals surface area (Å²) < 4.78 is 10.9. The summed E-state index contributed by atoms with van der Waals surface area (Å²) in [5.41, 5.74) is 0.722. The Balaban J connectivity index is 2.06. The average molecular weight is 251 g/mol. The van der Waals surface area contributed by atoms with Gasteiger partial charge in [-0.3, -0.25) is 0 Å². The Morgan fingerprint density at radius 2 is 2.28 bits per heavy atom. The normalized spacial score (nSPS) is 12.8. The van der Waals surface area contributed by atoms with E-state index >= 15 is 0 Å². The van der Waals surface area contributed by atoms with Crippen LogP contribution in [0.2, 0.25) is 0 Å². The predicted molar refractivity (Wildman–Crippen MR) is 67.6 cm³/mol. The minimum absolute atomic E-state index is 0.249. The third-order valence-corrected chi connectivity index (χ3v) is 2.67. The molecule has 0 saturated heterocycles. The molecule has 0 aliphatic rings. The fraction of sp³-hybridized carbons (Fsp3) is 0.385. The van der Waals surface area contributed by atoms with E-state index in [4.69, 9.17) is 14.3 Å². The number of hydrogen-bond acceptors (Lipinski definition) is 5. The zero-order valence-corrected chi connectivity index (χ0v) is 10.2. The molecule has 1 atom stereocenters. The van der Waals surface area contributed by atoms with Gasteiger partial charge in [-0.25, -0.2) is 0 Å². The van der Waals surface area contributed by atoms with Gasteiger partial charge in [0.05, 0.1) is 26.4 Å². The molecule has 0 aliphatic carbocycles. The van der Waals surface area contributed by atoms with Crippen LogP contribution < -0.4 is 10.1 Å². The van der Waals surface area contributed by atoms with E-state index < -0.39 is 6.10 Å². The van der Waals surface area contributed by atoms with E-state index in [0.717, 1.165) is 16.7 Å². The number of fused-ring (bicyclic) bond motifs is 1. The third kappa shape index (κ3) is 2.81. The van der Waals surface area contributed by atoms with Gasteiger partial charge in [0, 0.05) is 11.9 Å². The second kappa shape index (κ2) is 5.86. The number of para-hydroxylation sites is 1. The lowest BCUT2D eigenvalue weighted by atomic mass is 10.2. The molecular weight excluding hydrogens is 234 g/mol. The maximum Gasteiger partial charge on any atom is 0.176 e. The van der Waals surface area contributed by atoms with Crippen LogP contribution in [0.25, 0.3) is 11.0 Å². The summed E-state index contributed by atoms with van der Waals surface area (Å²) in [5, 5.41) is 21.9. The van der Waals surface area contributed by atoms with Gasteiger partial charge in [-0.15, -0.1) is 0 Å². The van der Waals surface area contributed by atoms with Crippen molar-refractivity contribution in [3.8, 4) is 5.75 Å². The Morgan fingerprint density at radius 1 is 1.44 bits per heavy atom. The molecule has 0 aliphatic heterocycles. The average Bonchev–Trinajstić information content (AvgIpc) is 2.80. The van der Waals surface area contributed by atoms with Crippen molar-refractivity contribution < 1.29 is 19.4 Å². The highest BCUT2D eigenvalue weighted by atomic mass is 16.5. The maximum atomic E-state index is 9.19. The highest BCUT2D eigenvalue weighted by Crippen LogP contribution is 2.28. The molecule has 0 saturated carbocycles. The summed E-state index contributed by atoms with van der Waals surface area (Å²) in [5.74, 6) is 1.47. The number of rotatable bonds is 6. The molecule has 5 heteroatoms. The Morgan fingerprint density at radius 3 is 3.00 bits per heavy atom. The summed E-state index contributed by atoms with van der Waals surface area (Å²) in [6.07, 6.45) is -0.746. The van der Waals surface area contributed by atoms with Crippen LogP contribution >= 0.6 is 0 Å². The SMILES string of the molecule is COc1cccc2cc(CNCC(O)CO)oc12. The van der Waals surface area contributed by atoms with E-state index in [0.29, 0.717) is 18.8 Å². The van der Waals surface area contributed by atoms with E-state index in [1.807, 2.05) is 24.3 Å². The lowest BCUT2D eigenvalue weighted by Crippen LogP contribution is -2.28. The minimum atomic E-state index is -0.746. The summed E-state index contributed by atoms with van der Waals surface area (Å²) >= 11 is 0. The van der Waals surface area contributed by atoms with E-state index in [1.165, 1.54) is 0 Å². The first kappa shape index (κ1) is 12.9. The van der Waals surface area contributed by atoms with Crippen LogP contribution in [0.4, 0.5) is 0 Å². The number of hydrogen-bond donors (Lipinski definition) is 3. The first-order valence-corrected chi connectivity index (χ1v) is 5.79. The number of aliphatic hydroxyl groups is 2. The fourth-order valence-electron chi connectivity index (χ4n) is 1.76. The Bertz CT molecular complexity index is 509. The Hall–Kier alpha value is -1.56. The van der Waals surface area contributed by atoms with Crippen molar-refractivity contribution in [3.05, 3.63) is 30.0 Å². The van der Waals surface area contributed by atoms with Crippen LogP contribution in [0, 0.1) is 0 Å². The molecule has 0 fully saturated rings. The van der Waals surface area contributed by atoms with Crippen LogP contribution in [-0.4, -0.2) is 36.6 Å². The van der Waals surface area contributed by atoms with E-state index in [2.05, 4.69) is 5.32 Å². The molecule has 0 amide bonds. The lowest BCUT2D eigenvalue weighted by molar-refractivity contribution is 0.0938. The largest absolute Gasteiger partial charge is 0.493 e. The molecule has 1 unspecified atom stereocenters. The number of aliphatic hydroxyl groups excluding tert-OH is 2. The van der Waals surface area contributed by atoms with Crippen molar-refractivity contribution in [2.45, 2.75) is 12.6 Å². The van der Waals surface area contributed by atoms with Crippen molar-refractivity contribution in [2.75, 3.05) is 20.3 Å². The van der Waals surface area contributed by atoms with Crippen LogP contribution in [0.15, 0.2) is 28.7 Å². The van der Waals surface area contributed by atoms with Crippen LogP contribution in [0.5, 0.6) is 5.75 Å². The number of furan rings is 1. The molecule has 1 heterocycles. The van der Waals surface area contributed by atoms with E-state index in [9.17, 15) is 5.11 Å². The van der Waals surface area contributed by atoms with Crippen molar-refractivity contribution >= 4 is 11.0 Å². The molecule has 3 N–H and O–H groups in total. The molecule has 1 aromatic carbocycles. The van der Waals surface area contributed by atoms with Gasteiger partial charge in [0.2, 0.25) is 0 Å². The molecule has 0 radical (unpaired) electrons. The molecule has 98 valence electrons. The molecule has 0 bridgehead atoms. The molecular formula is C13H17NO4. The summed E-state index contributed by atoms with van der Waals surface area (Å²) in [4.78, 5) is 0. The summed E-state index contributed by atoms with van der Waals surface area (Å²) in [6, 6.07) is 7.63. The van der Waals surface area contributed by atoms with Gasteiger partial charge in [0.15, 0.2) is 11.3 Å².